The summed E-state index contributed by atoms with van der Waals surface area (Å²) in [6.07, 6.45) is 1.53. The minimum absolute atomic E-state index is 0.391. The van der Waals surface area contributed by atoms with Gasteiger partial charge < -0.3 is 20.3 Å². The first-order valence-electron chi connectivity index (χ1n) is 10.9. The van der Waals surface area contributed by atoms with Crippen molar-refractivity contribution < 1.29 is 4.74 Å². The van der Waals surface area contributed by atoms with E-state index in [2.05, 4.69) is 63.9 Å². The van der Waals surface area contributed by atoms with Crippen LogP contribution < -0.4 is 20.3 Å². The van der Waals surface area contributed by atoms with Gasteiger partial charge in [-0.05, 0) is 53.9 Å². The summed E-state index contributed by atoms with van der Waals surface area (Å²) >= 11 is 0. The zero-order chi connectivity index (χ0) is 22.1. The molecule has 32 heavy (non-hydrogen) atoms. The second-order valence-corrected chi connectivity index (χ2v) is 8.22. The molecule has 0 saturated carbocycles. The molecular weight excluding hydrogens is 398 g/mol. The number of piperazine rings is 1. The van der Waals surface area contributed by atoms with Crippen LogP contribution in [0, 0.1) is 13.8 Å². The SMILES string of the molecule is Cc1cccc(N2CCN(c3ncnc(Oc4ccc5ccccc5c4)c3N)CC2)c1C. The molecule has 2 heterocycles. The third-order valence-corrected chi connectivity index (χ3v) is 6.26. The van der Waals surface area contributed by atoms with E-state index in [1.54, 1.807) is 0 Å². The quantitative estimate of drug-likeness (QED) is 0.499. The van der Waals surface area contributed by atoms with E-state index in [1.807, 2.05) is 30.3 Å². The summed E-state index contributed by atoms with van der Waals surface area (Å²) < 4.78 is 6.05. The number of rotatable bonds is 4. The minimum Gasteiger partial charge on any atom is -0.437 e. The number of aromatic nitrogens is 2. The van der Waals surface area contributed by atoms with Crippen LogP contribution in [0.3, 0.4) is 0 Å². The van der Waals surface area contributed by atoms with Crippen molar-refractivity contribution in [3.63, 3.8) is 0 Å². The molecule has 0 aliphatic carbocycles. The molecule has 0 amide bonds. The standard InChI is InChI=1S/C26H27N5O/c1-18-6-5-9-23(19(18)2)30-12-14-31(15-13-30)25-24(27)26(29-17-28-25)32-22-11-10-20-7-3-4-8-21(20)16-22/h3-11,16-17H,12-15,27H2,1-2H3. The van der Waals surface area contributed by atoms with Crippen molar-refractivity contribution in [2.75, 3.05) is 41.7 Å². The Kier molecular flexibility index (Phi) is 5.27. The number of anilines is 3. The number of ether oxygens (including phenoxy) is 1. The van der Waals surface area contributed by atoms with Crippen molar-refractivity contribution in [1.29, 1.82) is 0 Å². The Balaban J connectivity index is 1.33. The predicted molar refractivity (Wildman–Crippen MR) is 131 cm³/mol. The molecule has 5 rings (SSSR count). The Morgan fingerprint density at radius 3 is 2.38 bits per heavy atom. The average molecular weight is 426 g/mol. The van der Waals surface area contributed by atoms with Gasteiger partial charge in [-0.2, -0.15) is 4.98 Å². The van der Waals surface area contributed by atoms with Gasteiger partial charge in [0.1, 0.15) is 17.8 Å². The molecule has 162 valence electrons. The van der Waals surface area contributed by atoms with E-state index in [1.165, 1.54) is 23.1 Å². The molecule has 0 unspecified atom stereocenters. The number of hydrogen-bond acceptors (Lipinski definition) is 6. The number of nitrogens with two attached hydrogens (primary N) is 1. The van der Waals surface area contributed by atoms with Crippen LogP contribution in [0.1, 0.15) is 11.1 Å². The molecule has 0 bridgehead atoms. The van der Waals surface area contributed by atoms with E-state index >= 15 is 0 Å². The van der Waals surface area contributed by atoms with Crippen molar-refractivity contribution in [1.82, 2.24) is 9.97 Å². The summed E-state index contributed by atoms with van der Waals surface area (Å²) in [6, 6.07) is 20.6. The molecule has 6 nitrogen and oxygen atoms in total. The normalized spacial score (nSPS) is 14.1. The van der Waals surface area contributed by atoms with Gasteiger partial charge in [-0.3, -0.25) is 0 Å². The number of fused-ring (bicyclic) bond motifs is 1. The lowest BCUT2D eigenvalue weighted by Gasteiger charge is -2.38. The number of benzene rings is 3. The van der Waals surface area contributed by atoms with Gasteiger partial charge in [-0.1, -0.05) is 42.5 Å². The molecule has 0 spiro atoms. The topological polar surface area (TPSA) is 67.5 Å². The first kappa shape index (κ1) is 20.1. The molecule has 1 saturated heterocycles. The summed E-state index contributed by atoms with van der Waals surface area (Å²) in [5.74, 6) is 1.83. The number of aryl methyl sites for hydroxylation is 1. The molecule has 3 aromatic carbocycles. The lowest BCUT2D eigenvalue weighted by Crippen LogP contribution is -2.47. The van der Waals surface area contributed by atoms with Crippen LogP contribution in [-0.4, -0.2) is 36.1 Å². The number of hydrogen-bond donors (Lipinski definition) is 1. The fourth-order valence-electron chi connectivity index (χ4n) is 4.28. The summed E-state index contributed by atoms with van der Waals surface area (Å²) in [4.78, 5) is 13.4. The Morgan fingerprint density at radius 1 is 0.812 bits per heavy atom. The van der Waals surface area contributed by atoms with Gasteiger partial charge in [0, 0.05) is 31.9 Å². The van der Waals surface area contributed by atoms with Crippen molar-refractivity contribution in [3.05, 3.63) is 78.1 Å². The first-order valence-corrected chi connectivity index (χ1v) is 10.9. The van der Waals surface area contributed by atoms with Gasteiger partial charge in [-0.15, -0.1) is 0 Å². The van der Waals surface area contributed by atoms with Gasteiger partial charge >= 0.3 is 0 Å². The van der Waals surface area contributed by atoms with Crippen LogP contribution >= 0.6 is 0 Å². The van der Waals surface area contributed by atoms with Gasteiger partial charge in [0.15, 0.2) is 5.82 Å². The van der Waals surface area contributed by atoms with Crippen LogP contribution in [0.2, 0.25) is 0 Å². The minimum atomic E-state index is 0.391. The van der Waals surface area contributed by atoms with Crippen LogP contribution in [0.4, 0.5) is 17.2 Å². The van der Waals surface area contributed by atoms with Crippen LogP contribution in [0.5, 0.6) is 11.6 Å². The molecule has 1 aromatic heterocycles. The zero-order valence-corrected chi connectivity index (χ0v) is 18.5. The van der Waals surface area contributed by atoms with Crippen LogP contribution in [-0.2, 0) is 0 Å². The number of nitrogen functional groups attached to an aromatic ring is 1. The molecule has 4 aromatic rings. The van der Waals surface area contributed by atoms with Crippen LogP contribution in [0.25, 0.3) is 10.8 Å². The monoisotopic (exact) mass is 425 g/mol. The third kappa shape index (κ3) is 3.80. The fourth-order valence-corrected chi connectivity index (χ4v) is 4.28. The lowest BCUT2D eigenvalue weighted by molar-refractivity contribution is 0.464. The van der Waals surface area contributed by atoms with E-state index in [0.29, 0.717) is 17.3 Å². The van der Waals surface area contributed by atoms with E-state index in [0.717, 1.165) is 42.8 Å². The molecule has 1 fully saturated rings. The molecule has 0 atom stereocenters. The smallest absolute Gasteiger partial charge is 0.248 e. The van der Waals surface area contributed by atoms with E-state index in [4.69, 9.17) is 10.5 Å². The third-order valence-electron chi connectivity index (χ3n) is 6.26. The second-order valence-electron chi connectivity index (χ2n) is 8.22. The summed E-state index contributed by atoms with van der Waals surface area (Å²) in [7, 11) is 0. The van der Waals surface area contributed by atoms with Gasteiger partial charge in [-0.25, -0.2) is 4.98 Å². The molecular formula is C26H27N5O. The van der Waals surface area contributed by atoms with Gasteiger partial charge in [0.2, 0.25) is 5.88 Å². The van der Waals surface area contributed by atoms with Crippen molar-refractivity contribution in [2.45, 2.75) is 13.8 Å². The Bertz CT molecular complexity index is 1260. The molecule has 6 heteroatoms. The average Bonchev–Trinajstić information content (AvgIpc) is 2.82. The van der Waals surface area contributed by atoms with Gasteiger partial charge in [0.25, 0.3) is 0 Å². The fraction of sp³-hybridized carbons (Fsp3) is 0.231. The summed E-state index contributed by atoms with van der Waals surface area (Å²) in [6.45, 7) is 7.85. The van der Waals surface area contributed by atoms with Gasteiger partial charge in [0.05, 0.1) is 0 Å². The molecule has 2 N–H and O–H groups in total. The highest BCUT2D eigenvalue weighted by atomic mass is 16.5. The second kappa shape index (κ2) is 8.38. The summed E-state index contributed by atoms with van der Waals surface area (Å²) in [5.41, 5.74) is 10.9. The maximum Gasteiger partial charge on any atom is 0.248 e. The summed E-state index contributed by atoms with van der Waals surface area (Å²) in [5, 5.41) is 2.28. The largest absolute Gasteiger partial charge is 0.437 e. The van der Waals surface area contributed by atoms with E-state index in [-0.39, 0.29) is 0 Å². The zero-order valence-electron chi connectivity index (χ0n) is 18.5. The molecule has 1 aliphatic rings. The maximum atomic E-state index is 6.46. The van der Waals surface area contributed by atoms with E-state index in [9.17, 15) is 0 Å². The van der Waals surface area contributed by atoms with Crippen molar-refractivity contribution >= 4 is 28.0 Å². The Labute approximate surface area is 188 Å². The Morgan fingerprint density at radius 2 is 1.56 bits per heavy atom. The highest BCUT2D eigenvalue weighted by Crippen LogP contribution is 2.33. The van der Waals surface area contributed by atoms with Crippen LogP contribution in [0.15, 0.2) is 67.0 Å². The van der Waals surface area contributed by atoms with Crippen molar-refractivity contribution in [2.24, 2.45) is 0 Å². The predicted octanol–water partition coefficient (Wildman–Crippen LogP) is 4.95. The number of nitrogens with zero attached hydrogens (tertiary/aromatic N) is 4. The Hall–Kier alpha value is -3.80. The first-order chi connectivity index (χ1) is 15.6. The highest BCUT2D eigenvalue weighted by Gasteiger charge is 2.23. The maximum absolute atomic E-state index is 6.46. The molecule has 1 aliphatic heterocycles. The lowest BCUT2D eigenvalue weighted by atomic mass is 10.1. The molecule has 0 radical (unpaired) electrons. The highest BCUT2D eigenvalue weighted by molar-refractivity contribution is 5.84. The van der Waals surface area contributed by atoms with E-state index < -0.39 is 0 Å². The van der Waals surface area contributed by atoms with Crippen molar-refractivity contribution in [3.8, 4) is 11.6 Å².